The largest absolute Gasteiger partial charge is 0.393 e. The standard InChI is InChI=1S/C16H26N2O4/c1-17(2)15(20)12-5-11-8-18(4-3-14(11)22-9-12)16(21)10-6-13(19)7-10/h10-14,19H,3-9H2,1-2H3/t10?,11-,12-,13?,14+/m0/s1. The SMILES string of the molecule is CN(C)C(=O)[C@@H]1CO[C@@H]2CCN(C(=O)C3CC(O)C3)C[C@@H]2C1. The van der Waals surface area contributed by atoms with Gasteiger partial charge in [0, 0.05) is 39.0 Å². The highest BCUT2D eigenvalue weighted by atomic mass is 16.5. The van der Waals surface area contributed by atoms with E-state index in [2.05, 4.69) is 0 Å². The molecule has 3 aliphatic rings. The summed E-state index contributed by atoms with van der Waals surface area (Å²) in [6.07, 6.45) is 2.74. The number of amides is 2. The molecule has 22 heavy (non-hydrogen) atoms. The van der Waals surface area contributed by atoms with E-state index in [0.717, 1.165) is 19.4 Å². The van der Waals surface area contributed by atoms with Crippen LogP contribution in [-0.4, -0.2) is 72.7 Å². The molecule has 0 bridgehead atoms. The van der Waals surface area contributed by atoms with Crippen LogP contribution in [0.3, 0.4) is 0 Å². The number of hydrogen-bond acceptors (Lipinski definition) is 4. The molecule has 2 heterocycles. The highest BCUT2D eigenvalue weighted by Gasteiger charge is 2.42. The van der Waals surface area contributed by atoms with Gasteiger partial charge >= 0.3 is 0 Å². The van der Waals surface area contributed by atoms with Crippen molar-refractivity contribution in [2.24, 2.45) is 17.8 Å². The Morgan fingerprint density at radius 3 is 2.55 bits per heavy atom. The van der Waals surface area contributed by atoms with E-state index in [-0.39, 0.29) is 41.8 Å². The monoisotopic (exact) mass is 310 g/mol. The van der Waals surface area contributed by atoms with Gasteiger partial charge in [-0.3, -0.25) is 9.59 Å². The highest BCUT2D eigenvalue weighted by molar-refractivity contribution is 5.80. The van der Waals surface area contributed by atoms with Crippen molar-refractivity contribution in [3.63, 3.8) is 0 Å². The van der Waals surface area contributed by atoms with E-state index >= 15 is 0 Å². The summed E-state index contributed by atoms with van der Waals surface area (Å²) in [6, 6.07) is 0. The number of piperidine rings is 1. The Balaban J connectivity index is 1.58. The number of rotatable bonds is 2. The Hall–Kier alpha value is -1.14. The summed E-state index contributed by atoms with van der Waals surface area (Å²) in [5, 5.41) is 9.37. The lowest BCUT2D eigenvalue weighted by Gasteiger charge is -2.45. The number of nitrogens with zero attached hydrogens (tertiary/aromatic N) is 2. The fraction of sp³-hybridized carbons (Fsp3) is 0.875. The van der Waals surface area contributed by atoms with Crippen LogP contribution in [0.5, 0.6) is 0 Å². The van der Waals surface area contributed by atoms with Crippen molar-refractivity contribution in [3.05, 3.63) is 0 Å². The van der Waals surface area contributed by atoms with Crippen LogP contribution in [0.2, 0.25) is 0 Å². The minimum Gasteiger partial charge on any atom is -0.393 e. The molecule has 2 aliphatic heterocycles. The van der Waals surface area contributed by atoms with Gasteiger partial charge < -0.3 is 19.6 Å². The average Bonchev–Trinajstić information content (AvgIpc) is 2.49. The van der Waals surface area contributed by atoms with E-state index in [0.29, 0.717) is 26.0 Å². The summed E-state index contributed by atoms with van der Waals surface area (Å²) in [7, 11) is 3.54. The molecular formula is C16H26N2O4. The van der Waals surface area contributed by atoms with Gasteiger partial charge in [0.25, 0.3) is 0 Å². The molecule has 0 aromatic heterocycles. The fourth-order valence-electron chi connectivity index (χ4n) is 3.91. The van der Waals surface area contributed by atoms with Gasteiger partial charge in [-0.1, -0.05) is 0 Å². The molecule has 3 atom stereocenters. The molecule has 0 unspecified atom stereocenters. The number of carbonyl (C=O) groups is 2. The zero-order valence-electron chi connectivity index (χ0n) is 13.4. The van der Waals surface area contributed by atoms with E-state index < -0.39 is 0 Å². The van der Waals surface area contributed by atoms with Crippen molar-refractivity contribution in [3.8, 4) is 0 Å². The van der Waals surface area contributed by atoms with Gasteiger partial charge in [0.1, 0.15) is 0 Å². The minimum absolute atomic E-state index is 0.00439. The molecule has 124 valence electrons. The summed E-state index contributed by atoms with van der Waals surface area (Å²) < 4.78 is 5.89. The Morgan fingerprint density at radius 2 is 1.91 bits per heavy atom. The first-order valence-electron chi connectivity index (χ1n) is 8.25. The maximum absolute atomic E-state index is 12.4. The lowest BCUT2D eigenvalue weighted by molar-refractivity contribution is -0.155. The molecule has 6 heteroatoms. The summed E-state index contributed by atoms with van der Waals surface area (Å²) in [5.41, 5.74) is 0. The van der Waals surface area contributed by atoms with Crippen LogP contribution in [-0.2, 0) is 14.3 Å². The van der Waals surface area contributed by atoms with Crippen LogP contribution in [0.4, 0.5) is 0 Å². The van der Waals surface area contributed by atoms with Crippen molar-refractivity contribution in [1.29, 1.82) is 0 Å². The summed E-state index contributed by atoms with van der Waals surface area (Å²) in [6.45, 7) is 1.92. The Labute approximate surface area is 131 Å². The number of ether oxygens (including phenoxy) is 1. The lowest BCUT2D eigenvalue weighted by atomic mass is 9.79. The third kappa shape index (κ3) is 2.99. The second-order valence-electron chi connectivity index (χ2n) is 7.19. The molecule has 2 amide bonds. The van der Waals surface area contributed by atoms with Crippen molar-refractivity contribution in [2.45, 2.75) is 37.9 Å². The molecule has 1 N–H and O–H groups in total. The van der Waals surface area contributed by atoms with Crippen molar-refractivity contribution in [2.75, 3.05) is 33.8 Å². The molecule has 0 spiro atoms. The Bertz CT molecular complexity index is 447. The zero-order valence-corrected chi connectivity index (χ0v) is 13.4. The van der Waals surface area contributed by atoms with Crippen LogP contribution in [0.25, 0.3) is 0 Å². The van der Waals surface area contributed by atoms with E-state index in [9.17, 15) is 14.7 Å². The van der Waals surface area contributed by atoms with Crippen LogP contribution >= 0.6 is 0 Å². The normalized spacial score (nSPS) is 38.0. The number of fused-ring (bicyclic) bond motifs is 1. The molecule has 3 fully saturated rings. The second kappa shape index (κ2) is 6.16. The van der Waals surface area contributed by atoms with Crippen molar-refractivity contribution >= 4 is 11.8 Å². The topological polar surface area (TPSA) is 70.1 Å². The van der Waals surface area contributed by atoms with Gasteiger partial charge in [0.05, 0.1) is 24.7 Å². The number of aliphatic hydroxyl groups excluding tert-OH is 1. The highest BCUT2D eigenvalue weighted by Crippen LogP contribution is 2.35. The predicted molar refractivity (Wildman–Crippen MR) is 80.0 cm³/mol. The molecule has 3 rings (SSSR count). The Morgan fingerprint density at radius 1 is 1.18 bits per heavy atom. The molecular weight excluding hydrogens is 284 g/mol. The van der Waals surface area contributed by atoms with Gasteiger partial charge in [0.2, 0.25) is 11.8 Å². The van der Waals surface area contributed by atoms with Gasteiger partial charge in [0.15, 0.2) is 0 Å². The maximum atomic E-state index is 12.4. The van der Waals surface area contributed by atoms with Crippen LogP contribution in [0.1, 0.15) is 25.7 Å². The average molecular weight is 310 g/mol. The first-order chi connectivity index (χ1) is 10.5. The quantitative estimate of drug-likeness (QED) is 0.785. The fourth-order valence-corrected chi connectivity index (χ4v) is 3.91. The van der Waals surface area contributed by atoms with E-state index in [4.69, 9.17) is 4.74 Å². The van der Waals surface area contributed by atoms with Crippen LogP contribution in [0, 0.1) is 17.8 Å². The maximum Gasteiger partial charge on any atom is 0.227 e. The van der Waals surface area contributed by atoms with E-state index in [1.165, 1.54) is 0 Å². The van der Waals surface area contributed by atoms with Gasteiger partial charge in [-0.15, -0.1) is 0 Å². The summed E-state index contributed by atoms with van der Waals surface area (Å²) in [4.78, 5) is 28.1. The summed E-state index contributed by atoms with van der Waals surface area (Å²) in [5.74, 6) is 0.450. The molecule has 1 aliphatic carbocycles. The molecule has 0 radical (unpaired) electrons. The van der Waals surface area contributed by atoms with E-state index in [1.54, 1.807) is 19.0 Å². The van der Waals surface area contributed by atoms with Crippen molar-refractivity contribution in [1.82, 2.24) is 9.80 Å². The smallest absolute Gasteiger partial charge is 0.227 e. The number of likely N-dealkylation sites (tertiary alicyclic amines) is 1. The van der Waals surface area contributed by atoms with Gasteiger partial charge in [-0.05, 0) is 25.7 Å². The third-order valence-corrected chi connectivity index (χ3v) is 5.33. The Kier molecular flexibility index (Phi) is 4.41. The lowest BCUT2D eigenvalue weighted by Crippen LogP contribution is -2.54. The number of aliphatic hydroxyl groups is 1. The van der Waals surface area contributed by atoms with Gasteiger partial charge in [-0.25, -0.2) is 0 Å². The predicted octanol–water partition coefficient (Wildman–Crippen LogP) is 0.0991. The first kappa shape index (κ1) is 15.7. The van der Waals surface area contributed by atoms with Crippen LogP contribution < -0.4 is 0 Å². The van der Waals surface area contributed by atoms with Gasteiger partial charge in [-0.2, -0.15) is 0 Å². The molecule has 1 saturated carbocycles. The number of hydrogen-bond donors (Lipinski definition) is 1. The second-order valence-corrected chi connectivity index (χ2v) is 7.19. The molecule has 0 aromatic carbocycles. The van der Waals surface area contributed by atoms with Crippen LogP contribution in [0.15, 0.2) is 0 Å². The molecule has 2 saturated heterocycles. The first-order valence-corrected chi connectivity index (χ1v) is 8.25. The van der Waals surface area contributed by atoms with Crippen molar-refractivity contribution < 1.29 is 19.4 Å². The van der Waals surface area contributed by atoms with E-state index in [1.807, 2.05) is 4.90 Å². The number of carbonyl (C=O) groups excluding carboxylic acids is 2. The minimum atomic E-state index is -0.299. The summed E-state index contributed by atoms with van der Waals surface area (Å²) >= 11 is 0. The molecule has 6 nitrogen and oxygen atoms in total. The molecule has 0 aromatic rings. The zero-order chi connectivity index (χ0) is 15.9. The third-order valence-electron chi connectivity index (χ3n) is 5.33.